The number of aryl methyl sites for hydroxylation is 1. The first-order valence-corrected chi connectivity index (χ1v) is 8.28. The monoisotopic (exact) mass is 270 g/mol. The van der Waals surface area contributed by atoms with Crippen LogP contribution in [0.2, 0.25) is 0 Å². The van der Waals surface area contributed by atoms with E-state index in [4.69, 9.17) is 10.7 Å². The lowest BCUT2D eigenvalue weighted by atomic mass is 9.95. The average Bonchev–Trinajstić information content (AvgIpc) is 2.37. The third-order valence-corrected chi connectivity index (χ3v) is 4.61. The summed E-state index contributed by atoms with van der Waals surface area (Å²) in [5.41, 5.74) is 1.45. The highest BCUT2D eigenvalue weighted by Gasteiger charge is 2.12. The van der Waals surface area contributed by atoms with Crippen molar-refractivity contribution < 1.29 is 0 Å². The molecule has 2 heteroatoms. The van der Waals surface area contributed by atoms with Crippen LogP contribution in [0.5, 0.6) is 0 Å². The van der Waals surface area contributed by atoms with E-state index < -0.39 is 0 Å². The molecule has 2 atom stereocenters. The average molecular weight is 271 g/mol. The van der Waals surface area contributed by atoms with Gasteiger partial charge in [0.25, 0.3) is 0 Å². The highest BCUT2D eigenvalue weighted by atomic mass is 35.7. The van der Waals surface area contributed by atoms with Crippen molar-refractivity contribution in [3.8, 4) is 0 Å². The van der Waals surface area contributed by atoms with Crippen LogP contribution in [0.3, 0.4) is 0 Å². The third kappa shape index (κ3) is 6.38. The summed E-state index contributed by atoms with van der Waals surface area (Å²) < 4.78 is 0. The molecule has 0 aliphatic rings. The van der Waals surface area contributed by atoms with Crippen molar-refractivity contribution >= 4 is 21.7 Å². The van der Waals surface area contributed by atoms with Gasteiger partial charge in [-0.1, -0.05) is 61.6 Å². The Kier molecular flexibility index (Phi) is 7.79. The van der Waals surface area contributed by atoms with Gasteiger partial charge >= 0.3 is 0 Å². The first kappa shape index (κ1) is 14.9. The second-order valence-electron chi connectivity index (χ2n) is 4.86. The van der Waals surface area contributed by atoms with Gasteiger partial charge in [-0.15, -0.1) is 0 Å². The van der Waals surface area contributed by atoms with Crippen LogP contribution in [0.4, 0.5) is 0 Å². The van der Waals surface area contributed by atoms with E-state index >= 15 is 0 Å². The normalized spacial score (nSPS) is 14.5. The van der Waals surface area contributed by atoms with Gasteiger partial charge in [-0.3, -0.25) is 0 Å². The van der Waals surface area contributed by atoms with Gasteiger partial charge in [-0.25, -0.2) is 0 Å². The van der Waals surface area contributed by atoms with Crippen LogP contribution in [0.15, 0.2) is 30.3 Å². The third-order valence-electron chi connectivity index (χ3n) is 3.17. The van der Waals surface area contributed by atoms with Crippen molar-refractivity contribution in [2.45, 2.75) is 51.2 Å². The molecule has 0 spiro atoms. The van der Waals surface area contributed by atoms with Gasteiger partial charge in [0.1, 0.15) is 0 Å². The Hall–Kier alpha value is -0.140. The van der Waals surface area contributed by atoms with E-state index in [1.165, 1.54) is 48.6 Å². The maximum atomic E-state index is 5.92. The summed E-state index contributed by atoms with van der Waals surface area (Å²) in [6.45, 7) is 4.58. The zero-order valence-corrected chi connectivity index (χ0v) is 12.4. The summed E-state index contributed by atoms with van der Waals surface area (Å²) in [5, 5.41) is 0.632. The molecule has 0 nitrogen and oxygen atoms in total. The van der Waals surface area contributed by atoms with Crippen molar-refractivity contribution in [1.82, 2.24) is 0 Å². The summed E-state index contributed by atoms with van der Waals surface area (Å²) in [5.74, 6) is 0.762. The van der Waals surface area contributed by atoms with E-state index in [0.717, 1.165) is 5.92 Å². The minimum absolute atomic E-state index is 0.632. The van der Waals surface area contributed by atoms with Crippen molar-refractivity contribution in [2.24, 2.45) is 5.92 Å². The summed E-state index contributed by atoms with van der Waals surface area (Å²) in [6, 6.07) is 10.7. The van der Waals surface area contributed by atoms with E-state index in [-0.39, 0.29) is 0 Å². The predicted octanol–water partition coefficient (Wildman–Crippen LogP) is 5.70. The van der Waals surface area contributed by atoms with Crippen LogP contribution in [0.25, 0.3) is 0 Å². The highest BCUT2D eigenvalue weighted by Crippen LogP contribution is 2.28. The zero-order valence-electron chi connectivity index (χ0n) is 10.9. The summed E-state index contributed by atoms with van der Waals surface area (Å²) in [7, 11) is 7.44. The fraction of sp³-hybridized carbons (Fsp3) is 0.600. The molecule has 96 valence electrons. The molecular formula is C15H23ClS. The minimum Gasteiger partial charge on any atom is -0.0653 e. The molecule has 0 amide bonds. The molecule has 1 aromatic carbocycles. The van der Waals surface area contributed by atoms with E-state index in [0.29, 0.717) is 5.25 Å². The topological polar surface area (TPSA) is 0 Å². The second-order valence-corrected chi connectivity index (χ2v) is 6.24. The largest absolute Gasteiger partial charge is 0.0653 e. The van der Waals surface area contributed by atoms with Crippen LogP contribution in [0, 0.1) is 5.92 Å². The molecule has 1 rings (SSSR count). The lowest BCUT2D eigenvalue weighted by Gasteiger charge is -2.17. The van der Waals surface area contributed by atoms with Crippen molar-refractivity contribution in [3.63, 3.8) is 0 Å². The first-order chi connectivity index (χ1) is 8.26. The maximum absolute atomic E-state index is 5.92. The number of rotatable bonds is 8. The standard InChI is InChI=1S/C15H23ClS/c1-3-7-15(17-16)12-13(2)10-11-14-8-5-4-6-9-14/h4-6,8-9,13,15H,3,7,10-12H2,1-2H3/t13-,15-/m1/s1. The second kappa shape index (κ2) is 8.88. The van der Waals surface area contributed by atoms with Crippen LogP contribution < -0.4 is 0 Å². The summed E-state index contributed by atoms with van der Waals surface area (Å²) >= 11 is 0. The Morgan fingerprint density at radius 2 is 1.88 bits per heavy atom. The smallest absolute Gasteiger partial charge is 0.0202 e. The van der Waals surface area contributed by atoms with E-state index in [2.05, 4.69) is 44.2 Å². The number of hydrogen-bond donors (Lipinski definition) is 0. The summed E-state index contributed by atoms with van der Waals surface area (Å²) in [6.07, 6.45) is 6.17. The fourth-order valence-electron chi connectivity index (χ4n) is 2.15. The molecule has 0 radical (unpaired) electrons. The zero-order chi connectivity index (χ0) is 12.5. The van der Waals surface area contributed by atoms with Crippen molar-refractivity contribution in [3.05, 3.63) is 35.9 Å². The molecule has 0 saturated heterocycles. The Morgan fingerprint density at radius 1 is 1.18 bits per heavy atom. The van der Waals surface area contributed by atoms with Gasteiger partial charge in [0, 0.05) is 5.25 Å². The van der Waals surface area contributed by atoms with Gasteiger partial charge in [-0.05, 0) is 47.8 Å². The minimum atomic E-state index is 0.632. The fourth-order valence-corrected chi connectivity index (χ4v) is 3.36. The number of benzene rings is 1. The molecule has 0 saturated carbocycles. The maximum Gasteiger partial charge on any atom is 0.0202 e. The van der Waals surface area contributed by atoms with Crippen molar-refractivity contribution in [2.75, 3.05) is 0 Å². The Labute approximate surface area is 115 Å². The lowest BCUT2D eigenvalue weighted by molar-refractivity contribution is 0.473. The van der Waals surface area contributed by atoms with Gasteiger partial charge in [-0.2, -0.15) is 0 Å². The predicted molar refractivity (Wildman–Crippen MR) is 80.7 cm³/mol. The van der Waals surface area contributed by atoms with Crippen LogP contribution in [-0.4, -0.2) is 5.25 Å². The molecular weight excluding hydrogens is 248 g/mol. The van der Waals surface area contributed by atoms with Crippen LogP contribution in [-0.2, 0) is 6.42 Å². The molecule has 0 bridgehead atoms. The molecule has 0 aromatic heterocycles. The lowest BCUT2D eigenvalue weighted by Crippen LogP contribution is -2.08. The summed E-state index contributed by atoms with van der Waals surface area (Å²) in [4.78, 5) is 0. The molecule has 0 unspecified atom stereocenters. The first-order valence-electron chi connectivity index (χ1n) is 6.57. The highest BCUT2D eigenvalue weighted by molar-refractivity contribution is 8.21. The Morgan fingerprint density at radius 3 is 2.47 bits per heavy atom. The molecule has 0 aliphatic carbocycles. The molecule has 0 aliphatic heterocycles. The van der Waals surface area contributed by atoms with Gasteiger partial charge in [0.15, 0.2) is 0 Å². The number of halogens is 1. The molecule has 1 aromatic rings. The van der Waals surface area contributed by atoms with Crippen molar-refractivity contribution in [1.29, 1.82) is 0 Å². The van der Waals surface area contributed by atoms with Crippen LogP contribution in [0.1, 0.15) is 45.1 Å². The molecule has 0 N–H and O–H groups in total. The molecule has 0 heterocycles. The molecule has 17 heavy (non-hydrogen) atoms. The van der Waals surface area contributed by atoms with Gasteiger partial charge in [0.05, 0.1) is 0 Å². The SMILES string of the molecule is CCC[C@H](C[C@H](C)CCc1ccccc1)SCl. The molecule has 0 fully saturated rings. The van der Waals surface area contributed by atoms with Gasteiger partial charge < -0.3 is 0 Å². The van der Waals surface area contributed by atoms with E-state index in [1.54, 1.807) is 0 Å². The number of hydrogen-bond acceptors (Lipinski definition) is 1. The Bertz CT molecular complexity index is 286. The van der Waals surface area contributed by atoms with E-state index in [9.17, 15) is 0 Å². The van der Waals surface area contributed by atoms with Crippen LogP contribution >= 0.6 is 21.7 Å². The van der Waals surface area contributed by atoms with E-state index in [1.807, 2.05) is 0 Å². The quantitative estimate of drug-likeness (QED) is 0.584. The Balaban J connectivity index is 2.27. The van der Waals surface area contributed by atoms with Gasteiger partial charge in [0.2, 0.25) is 0 Å².